The molecule has 2 aromatic heterocycles. The van der Waals surface area contributed by atoms with Crippen LogP contribution in [0.5, 0.6) is 0 Å². The van der Waals surface area contributed by atoms with E-state index in [2.05, 4.69) is 15.4 Å². The molecule has 10 heteroatoms. The van der Waals surface area contributed by atoms with Gasteiger partial charge in [-0.15, -0.1) is 0 Å². The summed E-state index contributed by atoms with van der Waals surface area (Å²) in [6.07, 6.45) is -2.97. The topological polar surface area (TPSA) is 55.9 Å². The molecule has 3 aromatic rings. The first kappa shape index (κ1) is 19.1. The Morgan fingerprint density at radius 1 is 1.20 bits per heavy atom. The van der Waals surface area contributed by atoms with E-state index in [0.29, 0.717) is 12.1 Å². The van der Waals surface area contributed by atoms with E-state index in [9.17, 15) is 13.2 Å². The summed E-state index contributed by atoms with van der Waals surface area (Å²) >= 11 is 0. The summed E-state index contributed by atoms with van der Waals surface area (Å²) < 4.78 is 42.3. The lowest BCUT2D eigenvalue weighted by molar-refractivity contribution is -0.647. The van der Waals surface area contributed by atoms with Gasteiger partial charge in [0, 0.05) is 0 Å². The number of nitrogens with one attached hydrogen (secondary N) is 1. The second-order valence-electron chi connectivity index (χ2n) is 5.21. The summed E-state index contributed by atoms with van der Waals surface area (Å²) in [6.45, 7) is 0.464. The zero-order chi connectivity index (χ0) is 17.3. The number of nitrogens with zero attached hydrogens (tertiary/aromatic N) is 4. The Morgan fingerprint density at radius 3 is 2.48 bits per heavy atom. The number of imidazole rings is 1. The van der Waals surface area contributed by atoms with Gasteiger partial charge in [0.2, 0.25) is 5.52 Å². The second-order valence-corrected chi connectivity index (χ2v) is 5.21. The molecule has 25 heavy (non-hydrogen) atoms. The number of hydrogen-bond donors (Lipinski definition) is 1. The molecule has 0 saturated heterocycles. The van der Waals surface area contributed by atoms with Gasteiger partial charge >= 0.3 is 17.6 Å². The van der Waals surface area contributed by atoms with Crippen molar-refractivity contribution in [3.63, 3.8) is 0 Å². The van der Waals surface area contributed by atoms with Gasteiger partial charge in [0.1, 0.15) is 0 Å². The fraction of sp³-hybridized carbons (Fsp3) is 0.267. The van der Waals surface area contributed by atoms with E-state index in [1.54, 1.807) is 17.9 Å². The molecule has 0 radical (unpaired) electrons. The molecule has 134 valence electrons. The number of aryl methyl sites for hydroxylation is 1. The van der Waals surface area contributed by atoms with Gasteiger partial charge in [0.05, 0.1) is 20.7 Å². The average molecular weight is 418 g/mol. The van der Waals surface area contributed by atoms with Gasteiger partial charge < -0.3 is 17.0 Å². The van der Waals surface area contributed by atoms with Crippen LogP contribution in [0.25, 0.3) is 11.2 Å². The van der Waals surface area contributed by atoms with Crippen LogP contribution in [0.4, 0.5) is 19.0 Å². The molecule has 0 fully saturated rings. The van der Waals surface area contributed by atoms with Crippen molar-refractivity contribution in [1.82, 2.24) is 14.5 Å². The molecule has 0 unspecified atom stereocenters. The number of aromatic nitrogens is 4. The number of fused-ring (bicyclic) bond motifs is 1. The Bertz CT molecular complexity index is 867. The third-order valence-corrected chi connectivity index (χ3v) is 3.45. The Morgan fingerprint density at radius 2 is 1.88 bits per heavy atom. The highest BCUT2D eigenvalue weighted by atomic mass is 79.9. The molecular weight excluding hydrogens is 403 g/mol. The van der Waals surface area contributed by atoms with Gasteiger partial charge in [-0.1, -0.05) is 35.3 Å². The zero-order valence-electron chi connectivity index (χ0n) is 13.4. The van der Waals surface area contributed by atoms with Gasteiger partial charge in [-0.3, -0.25) is 9.40 Å². The van der Waals surface area contributed by atoms with E-state index in [4.69, 9.17) is 4.84 Å². The van der Waals surface area contributed by atoms with Gasteiger partial charge in [-0.05, 0) is 5.56 Å². The van der Waals surface area contributed by atoms with E-state index in [1.807, 2.05) is 30.3 Å². The minimum Gasteiger partial charge on any atom is -1.00 e. The molecule has 0 saturated carbocycles. The second kappa shape index (κ2) is 7.36. The molecule has 0 aliphatic rings. The molecule has 1 aromatic carbocycles. The predicted octanol–water partition coefficient (Wildman–Crippen LogP) is -0.700. The summed E-state index contributed by atoms with van der Waals surface area (Å²) in [7, 11) is 2.94. The largest absolute Gasteiger partial charge is 1.00 e. The monoisotopic (exact) mass is 417 g/mol. The van der Waals surface area contributed by atoms with Crippen molar-refractivity contribution in [2.24, 2.45) is 7.05 Å². The van der Waals surface area contributed by atoms with Gasteiger partial charge in [-0.2, -0.15) is 18.2 Å². The van der Waals surface area contributed by atoms with Crippen LogP contribution in [0.1, 0.15) is 11.4 Å². The van der Waals surface area contributed by atoms with Crippen LogP contribution in [0, 0.1) is 0 Å². The lowest BCUT2D eigenvalue weighted by atomic mass is 10.2. The Kier molecular flexibility index (Phi) is 5.63. The van der Waals surface area contributed by atoms with Gasteiger partial charge in [0.15, 0.2) is 12.1 Å². The summed E-state index contributed by atoms with van der Waals surface area (Å²) in [6, 6.07) is 9.55. The van der Waals surface area contributed by atoms with Crippen LogP contribution in [-0.2, 0) is 24.6 Å². The molecule has 0 aliphatic carbocycles. The molecule has 6 nitrogen and oxygen atoms in total. The fourth-order valence-corrected chi connectivity index (χ4v) is 2.47. The maximum Gasteiger partial charge on any atom is 0.468 e. The van der Waals surface area contributed by atoms with Crippen molar-refractivity contribution in [3.05, 3.63) is 48.0 Å². The highest BCUT2D eigenvalue weighted by molar-refractivity contribution is 5.80. The summed E-state index contributed by atoms with van der Waals surface area (Å²) in [5.41, 5.74) is 4.00. The van der Waals surface area contributed by atoms with Crippen LogP contribution in [-0.4, -0.2) is 21.6 Å². The molecule has 1 N–H and O–H groups in total. The maximum absolute atomic E-state index is 13.0. The zero-order valence-corrected chi connectivity index (χ0v) is 15.0. The first-order valence-corrected chi connectivity index (χ1v) is 7.07. The molecule has 0 aliphatic heterocycles. The minimum atomic E-state index is -4.65. The normalized spacial score (nSPS) is 11.4. The molecule has 2 heterocycles. The Balaban J connectivity index is 0.00000225. The van der Waals surface area contributed by atoms with Crippen molar-refractivity contribution in [1.29, 1.82) is 0 Å². The van der Waals surface area contributed by atoms with Crippen LogP contribution in [0.15, 0.2) is 36.7 Å². The average Bonchev–Trinajstić information content (AvgIpc) is 2.84. The number of halogens is 4. The lowest BCUT2D eigenvalue weighted by Crippen LogP contribution is -3.00. The van der Waals surface area contributed by atoms with Crippen molar-refractivity contribution in [2.75, 3.05) is 12.6 Å². The van der Waals surface area contributed by atoms with E-state index in [-0.39, 0.29) is 28.4 Å². The molecule has 0 atom stereocenters. The third kappa shape index (κ3) is 3.90. The fourth-order valence-electron chi connectivity index (χ4n) is 2.47. The van der Waals surface area contributed by atoms with Crippen molar-refractivity contribution >= 4 is 17.0 Å². The van der Waals surface area contributed by atoms with Crippen LogP contribution in [0.3, 0.4) is 0 Å². The maximum atomic E-state index is 13.0. The van der Waals surface area contributed by atoms with E-state index in [0.717, 1.165) is 5.56 Å². The first-order chi connectivity index (χ1) is 11.4. The summed E-state index contributed by atoms with van der Waals surface area (Å²) in [5.74, 6) is -1.26. The van der Waals surface area contributed by atoms with Crippen molar-refractivity contribution in [3.8, 4) is 0 Å². The van der Waals surface area contributed by atoms with E-state index < -0.39 is 12.0 Å². The van der Waals surface area contributed by atoms with E-state index >= 15 is 0 Å². The van der Waals surface area contributed by atoms with E-state index in [1.165, 1.54) is 11.7 Å². The highest BCUT2D eigenvalue weighted by Gasteiger charge is 2.40. The minimum absolute atomic E-state index is 0. The van der Waals surface area contributed by atoms with Crippen LogP contribution >= 0.6 is 0 Å². The van der Waals surface area contributed by atoms with Crippen LogP contribution in [0.2, 0.25) is 0 Å². The Labute approximate surface area is 152 Å². The van der Waals surface area contributed by atoms with Crippen molar-refractivity contribution in [2.45, 2.75) is 12.7 Å². The number of alkyl halides is 3. The molecule has 0 bridgehead atoms. The van der Waals surface area contributed by atoms with Crippen LogP contribution < -0.4 is 27.0 Å². The summed E-state index contributed by atoms with van der Waals surface area (Å²) in [5, 5.41) is 0. The number of hydrogen-bond acceptors (Lipinski definition) is 4. The number of anilines is 1. The number of benzene rings is 1. The molecule has 0 spiro atoms. The molecule has 0 amide bonds. The SMILES string of the molecule is CONc1nc(C(F)(F)F)nc2c1n(Cc1ccccc1)c[n+]2C.[Br-]. The van der Waals surface area contributed by atoms with Gasteiger partial charge in [0.25, 0.3) is 0 Å². The predicted molar refractivity (Wildman–Crippen MR) is 79.9 cm³/mol. The molecular formula is C15H15BrF3N5O. The smallest absolute Gasteiger partial charge is 0.468 e. The Hall–Kier alpha value is -2.20. The third-order valence-electron chi connectivity index (χ3n) is 3.45. The van der Waals surface area contributed by atoms with Gasteiger partial charge in [-0.25, -0.2) is 10.0 Å². The van der Waals surface area contributed by atoms with Crippen molar-refractivity contribution < 1.29 is 39.6 Å². The quantitative estimate of drug-likeness (QED) is 0.450. The lowest BCUT2D eigenvalue weighted by Gasteiger charge is -2.07. The number of rotatable bonds is 4. The highest BCUT2D eigenvalue weighted by Crippen LogP contribution is 2.29. The summed E-state index contributed by atoms with van der Waals surface area (Å²) in [4.78, 5) is 12.0. The molecule has 3 rings (SSSR count). The standard InChI is InChI=1S/C15H15F3N5O.BrH/c1-22-9-23(8-10-6-4-3-5-7-10)11-12(21-24-2)19-14(15(16,17)18)20-13(11)22;/h3-7,9H,8H2,1-2H3,(H,19,20,21);1H/q+1;/p-1. The first-order valence-electron chi connectivity index (χ1n) is 7.07.